The standard InChI is InChI=1S/C29H27N3O5/c1-4-11-22-16-20(17-25(36-5-2)26(22)37-19(3)29(34)35)18-30-32-27(21-12-7-6-8-13-21)31-24-15-10-9-14-23(24)28(32)33/h4,6-10,12-19H,1,5,11H2,2-3H3,(H,34,35)/t19-/m1/s1. The molecule has 0 radical (unpaired) electrons. The van der Waals surface area contributed by atoms with Crippen LogP contribution in [-0.2, 0) is 11.2 Å². The minimum absolute atomic E-state index is 0.299. The molecule has 0 saturated heterocycles. The average Bonchev–Trinajstić information content (AvgIpc) is 2.90. The van der Waals surface area contributed by atoms with Gasteiger partial charge in [-0.2, -0.15) is 9.78 Å². The first kappa shape index (κ1) is 25.4. The molecular formula is C29H27N3O5. The third-order valence-corrected chi connectivity index (χ3v) is 5.57. The van der Waals surface area contributed by atoms with Crippen molar-refractivity contribution >= 4 is 23.1 Å². The van der Waals surface area contributed by atoms with E-state index in [9.17, 15) is 14.7 Å². The number of ether oxygens (including phenoxy) is 2. The maximum atomic E-state index is 13.4. The summed E-state index contributed by atoms with van der Waals surface area (Å²) in [6.45, 7) is 7.42. The Balaban J connectivity index is 1.85. The van der Waals surface area contributed by atoms with Crippen molar-refractivity contribution in [1.82, 2.24) is 9.66 Å². The fraction of sp³-hybridized carbons (Fsp3) is 0.172. The molecular weight excluding hydrogens is 470 g/mol. The zero-order valence-corrected chi connectivity index (χ0v) is 20.6. The van der Waals surface area contributed by atoms with Gasteiger partial charge in [0.15, 0.2) is 23.4 Å². The molecule has 0 aliphatic heterocycles. The molecule has 0 amide bonds. The molecule has 0 spiro atoms. The molecule has 0 fully saturated rings. The Morgan fingerprint density at radius 1 is 1.16 bits per heavy atom. The molecule has 1 N–H and O–H groups in total. The number of fused-ring (bicyclic) bond motifs is 1. The Bertz CT molecular complexity index is 1530. The van der Waals surface area contributed by atoms with Gasteiger partial charge < -0.3 is 14.6 Å². The minimum Gasteiger partial charge on any atom is -0.490 e. The number of carboxylic acid groups (broad SMARTS) is 1. The molecule has 1 heterocycles. The lowest BCUT2D eigenvalue weighted by Crippen LogP contribution is -2.24. The Kier molecular flexibility index (Phi) is 7.78. The molecule has 8 nitrogen and oxygen atoms in total. The van der Waals surface area contributed by atoms with Crippen LogP contribution in [0.1, 0.15) is 25.0 Å². The molecule has 8 heteroatoms. The van der Waals surface area contributed by atoms with Crippen LogP contribution in [0.3, 0.4) is 0 Å². The Labute approximate surface area is 214 Å². The fourth-order valence-corrected chi connectivity index (χ4v) is 3.82. The maximum Gasteiger partial charge on any atom is 0.344 e. The van der Waals surface area contributed by atoms with Gasteiger partial charge in [-0.1, -0.05) is 48.5 Å². The van der Waals surface area contributed by atoms with E-state index in [4.69, 9.17) is 14.5 Å². The van der Waals surface area contributed by atoms with E-state index in [-0.39, 0.29) is 5.56 Å². The molecule has 0 aliphatic carbocycles. The quantitative estimate of drug-likeness (QED) is 0.246. The molecule has 1 atom stereocenters. The number of aromatic nitrogens is 2. The number of nitrogens with zero attached hydrogens (tertiary/aromatic N) is 3. The van der Waals surface area contributed by atoms with Gasteiger partial charge in [-0.15, -0.1) is 6.58 Å². The summed E-state index contributed by atoms with van der Waals surface area (Å²) >= 11 is 0. The Hall–Kier alpha value is -4.72. The van der Waals surface area contributed by atoms with Crippen molar-refractivity contribution in [3.63, 3.8) is 0 Å². The lowest BCUT2D eigenvalue weighted by molar-refractivity contribution is -0.144. The summed E-state index contributed by atoms with van der Waals surface area (Å²) in [4.78, 5) is 29.5. The van der Waals surface area contributed by atoms with Crippen molar-refractivity contribution in [2.45, 2.75) is 26.4 Å². The molecule has 4 rings (SSSR count). The summed E-state index contributed by atoms with van der Waals surface area (Å²) in [6.07, 6.45) is 2.58. The van der Waals surface area contributed by atoms with E-state index < -0.39 is 12.1 Å². The predicted octanol–water partition coefficient (Wildman–Crippen LogP) is 4.92. The van der Waals surface area contributed by atoms with Crippen molar-refractivity contribution < 1.29 is 19.4 Å². The summed E-state index contributed by atoms with van der Waals surface area (Å²) in [7, 11) is 0. The van der Waals surface area contributed by atoms with Crippen molar-refractivity contribution in [1.29, 1.82) is 0 Å². The van der Waals surface area contributed by atoms with Crippen LogP contribution in [0.2, 0.25) is 0 Å². The molecule has 188 valence electrons. The van der Waals surface area contributed by atoms with Gasteiger partial charge in [0.1, 0.15) is 0 Å². The second-order valence-corrected chi connectivity index (χ2v) is 8.21. The van der Waals surface area contributed by atoms with Crippen molar-refractivity contribution in [3.8, 4) is 22.9 Å². The monoisotopic (exact) mass is 497 g/mol. The number of para-hydroxylation sites is 1. The third kappa shape index (κ3) is 5.59. The zero-order chi connectivity index (χ0) is 26.4. The highest BCUT2D eigenvalue weighted by Crippen LogP contribution is 2.34. The van der Waals surface area contributed by atoms with Gasteiger partial charge in [0, 0.05) is 11.1 Å². The summed E-state index contributed by atoms with van der Waals surface area (Å²) in [6, 6.07) is 20.0. The van der Waals surface area contributed by atoms with Crippen LogP contribution in [-0.4, -0.2) is 39.7 Å². The first-order chi connectivity index (χ1) is 17.9. The van der Waals surface area contributed by atoms with Crippen molar-refractivity contribution in [2.75, 3.05) is 6.61 Å². The molecule has 0 aliphatic rings. The van der Waals surface area contributed by atoms with Gasteiger partial charge in [-0.25, -0.2) is 9.78 Å². The smallest absolute Gasteiger partial charge is 0.344 e. The number of allylic oxidation sites excluding steroid dienone is 1. The normalized spacial score (nSPS) is 11.9. The SMILES string of the molecule is C=CCc1cc(C=Nn2c(-c3ccccc3)nc3ccccc3c2=O)cc(OCC)c1O[C@H](C)C(=O)O. The average molecular weight is 498 g/mol. The summed E-state index contributed by atoms with van der Waals surface area (Å²) in [5.74, 6) is 0.0355. The third-order valence-electron chi connectivity index (χ3n) is 5.57. The van der Waals surface area contributed by atoms with Crippen LogP contribution in [0.4, 0.5) is 0 Å². The van der Waals surface area contributed by atoms with E-state index in [0.717, 1.165) is 5.56 Å². The van der Waals surface area contributed by atoms with E-state index in [1.54, 1.807) is 42.6 Å². The first-order valence-electron chi connectivity index (χ1n) is 11.8. The highest BCUT2D eigenvalue weighted by Gasteiger charge is 2.20. The second-order valence-electron chi connectivity index (χ2n) is 8.21. The van der Waals surface area contributed by atoms with Gasteiger partial charge >= 0.3 is 5.97 Å². The number of rotatable bonds is 10. The molecule has 0 unspecified atom stereocenters. The number of carboxylic acids is 1. The van der Waals surface area contributed by atoms with Crippen LogP contribution >= 0.6 is 0 Å². The lowest BCUT2D eigenvalue weighted by Gasteiger charge is -2.18. The van der Waals surface area contributed by atoms with E-state index in [1.807, 2.05) is 43.3 Å². The number of hydrogen-bond acceptors (Lipinski definition) is 6. The van der Waals surface area contributed by atoms with E-state index in [0.29, 0.717) is 52.4 Å². The van der Waals surface area contributed by atoms with Crippen LogP contribution in [0.5, 0.6) is 11.5 Å². The summed E-state index contributed by atoms with van der Waals surface area (Å²) in [5.41, 5.74) is 2.35. The Morgan fingerprint density at radius 3 is 2.59 bits per heavy atom. The Morgan fingerprint density at radius 2 is 1.89 bits per heavy atom. The number of carbonyl (C=O) groups is 1. The van der Waals surface area contributed by atoms with Crippen molar-refractivity contribution in [3.05, 3.63) is 101 Å². The van der Waals surface area contributed by atoms with E-state index in [2.05, 4.69) is 11.7 Å². The van der Waals surface area contributed by atoms with Crippen LogP contribution in [0.15, 0.2) is 89.3 Å². The van der Waals surface area contributed by atoms with Gasteiger partial charge in [-0.3, -0.25) is 4.79 Å². The van der Waals surface area contributed by atoms with Crippen LogP contribution in [0.25, 0.3) is 22.3 Å². The van der Waals surface area contributed by atoms with Gasteiger partial charge in [0.05, 0.1) is 23.7 Å². The van der Waals surface area contributed by atoms with Gasteiger partial charge in [0.2, 0.25) is 0 Å². The summed E-state index contributed by atoms with van der Waals surface area (Å²) < 4.78 is 12.8. The first-order valence-corrected chi connectivity index (χ1v) is 11.8. The molecule has 0 bridgehead atoms. The van der Waals surface area contributed by atoms with E-state index in [1.165, 1.54) is 11.6 Å². The topological polar surface area (TPSA) is 103 Å². The molecule has 4 aromatic rings. The molecule has 0 saturated carbocycles. The maximum absolute atomic E-state index is 13.4. The number of aliphatic carboxylic acids is 1. The number of hydrogen-bond donors (Lipinski definition) is 1. The highest BCUT2D eigenvalue weighted by molar-refractivity contribution is 5.83. The predicted molar refractivity (Wildman–Crippen MR) is 144 cm³/mol. The van der Waals surface area contributed by atoms with Crippen molar-refractivity contribution in [2.24, 2.45) is 5.10 Å². The molecule has 3 aromatic carbocycles. The van der Waals surface area contributed by atoms with Gasteiger partial charge in [-0.05, 0) is 50.1 Å². The van der Waals surface area contributed by atoms with E-state index >= 15 is 0 Å². The highest BCUT2D eigenvalue weighted by atomic mass is 16.5. The van der Waals surface area contributed by atoms with Crippen LogP contribution in [0, 0.1) is 0 Å². The second kappa shape index (κ2) is 11.3. The van der Waals surface area contributed by atoms with Crippen LogP contribution < -0.4 is 15.0 Å². The number of benzene rings is 3. The lowest BCUT2D eigenvalue weighted by atomic mass is 10.1. The fourth-order valence-electron chi connectivity index (χ4n) is 3.82. The van der Waals surface area contributed by atoms with Gasteiger partial charge in [0.25, 0.3) is 5.56 Å². The summed E-state index contributed by atoms with van der Waals surface area (Å²) in [5, 5.41) is 14.3. The largest absolute Gasteiger partial charge is 0.490 e. The molecule has 1 aromatic heterocycles. The minimum atomic E-state index is -1.09. The zero-order valence-electron chi connectivity index (χ0n) is 20.6. The molecule has 37 heavy (non-hydrogen) atoms.